The van der Waals surface area contributed by atoms with E-state index in [0.29, 0.717) is 0 Å². The maximum atomic E-state index is 12.1. The first kappa shape index (κ1) is 12.6. The number of H-pyrrole nitrogens is 1. The van der Waals surface area contributed by atoms with E-state index in [2.05, 4.69) is 10.2 Å². The second-order valence-corrected chi connectivity index (χ2v) is 4.68. The van der Waals surface area contributed by atoms with Crippen molar-refractivity contribution < 1.29 is 9.59 Å². The first-order valence-electron chi connectivity index (χ1n) is 6.17. The molecule has 0 radical (unpaired) electrons. The van der Waals surface area contributed by atoms with Gasteiger partial charge >= 0.3 is 0 Å². The standard InChI is InChI=1S/C12H18N4O2/c1-8-7-14-15-12(8)9-3-2-6-16(9)11(18)5-4-10(13)17/h7,9H,2-6H2,1H3,(H2,13,17)(H,14,15). The van der Waals surface area contributed by atoms with Gasteiger partial charge in [-0.2, -0.15) is 5.10 Å². The van der Waals surface area contributed by atoms with Crippen LogP contribution < -0.4 is 5.73 Å². The second-order valence-electron chi connectivity index (χ2n) is 4.68. The van der Waals surface area contributed by atoms with Gasteiger partial charge in [-0.1, -0.05) is 0 Å². The molecule has 0 aromatic carbocycles. The van der Waals surface area contributed by atoms with Crippen molar-refractivity contribution in [1.82, 2.24) is 15.1 Å². The van der Waals surface area contributed by atoms with Crippen LogP contribution in [-0.4, -0.2) is 33.5 Å². The SMILES string of the molecule is Cc1cn[nH]c1C1CCCN1C(=O)CCC(N)=O. The quantitative estimate of drug-likeness (QED) is 0.821. The van der Waals surface area contributed by atoms with E-state index >= 15 is 0 Å². The highest BCUT2D eigenvalue weighted by molar-refractivity contribution is 5.83. The Morgan fingerprint density at radius 3 is 2.94 bits per heavy atom. The lowest BCUT2D eigenvalue weighted by atomic mass is 10.1. The summed E-state index contributed by atoms with van der Waals surface area (Å²) in [6.07, 6.45) is 3.99. The minimum Gasteiger partial charge on any atom is -0.370 e. The Hall–Kier alpha value is -1.85. The summed E-state index contributed by atoms with van der Waals surface area (Å²) in [7, 11) is 0. The number of amides is 2. The van der Waals surface area contributed by atoms with Gasteiger partial charge in [0.2, 0.25) is 11.8 Å². The van der Waals surface area contributed by atoms with E-state index in [0.717, 1.165) is 30.6 Å². The molecule has 1 aromatic heterocycles. The van der Waals surface area contributed by atoms with Crippen molar-refractivity contribution in [2.45, 2.75) is 38.6 Å². The first-order chi connectivity index (χ1) is 8.59. The minimum absolute atomic E-state index is 0.00898. The van der Waals surface area contributed by atoms with Crippen molar-refractivity contribution in [3.8, 4) is 0 Å². The van der Waals surface area contributed by atoms with Gasteiger partial charge in [0.15, 0.2) is 0 Å². The van der Waals surface area contributed by atoms with E-state index in [1.165, 1.54) is 0 Å². The molecule has 2 heterocycles. The third-order valence-corrected chi connectivity index (χ3v) is 3.36. The number of nitrogens with two attached hydrogens (primary N) is 1. The molecule has 0 aliphatic carbocycles. The topological polar surface area (TPSA) is 92.1 Å². The van der Waals surface area contributed by atoms with Crippen LogP contribution >= 0.6 is 0 Å². The fourth-order valence-electron chi connectivity index (χ4n) is 2.43. The second kappa shape index (κ2) is 5.20. The Kier molecular flexibility index (Phi) is 3.64. The van der Waals surface area contributed by atoms with Gasteiger partial charge < -0.3 is 10.6 Å². The van der Waals surface area contributed by atoms with Gasteiger partial charge in [-0.15, -0.1) is 0 Å². The Labute approximate surface area is 106 Å². The molecule has 1 saturated heterocycles. The summed E-state index contributed by atoms with van der Waals surface area (Å²) < 4.78 is 0. The van der Waals surface area contributed by atoms with E-state index < -0.39 is 5.91 Å². The van der Waals surface area contributed by atoms with Crippen molar-refractivity contribution in [3.63, 3.8) is 0 Å². The lowest BCUT2D eigenvalue weighted by Crippen LogP contribution is -2.31. The maximum Gasteiger partial charge on any atom is 0.223 e. The largest absolute Gasteiger partial charge is 0.370 e. The van der Waals surface area contributed by atoms with Crippen LogP contribution in [0.3, 0.4) is 0 Å². The average molecular weight is 250 g/mol. The van der Waals surface area contributed by atoms with Gasteiger partial charge in [0.1, 0.15) is 0 Å². The van der Waals surface area contributed by atoms with Crippen LogP contribution in [0.25, 0.3) is 0 Å². The molecule has 0 spiro atoms. The van der Waals surface area contributed by atoms with E-state index in [1.54, 1.807) is 6.20 Å². The Morgan fingerprint density at radius 1 is 1.56 bits per heavy atom. The molecule has 98 valence electrons. The summed E-state index contributed by atoms with van der Waals surface area (Å²) in [4.78, 5) is 24.6. The highest BCUT2D eigenvalue weighted by Crippen LogP contribution is 2.32. The van der Waals surface area contributed by atoms with Crippen LogP contribution in [0.2, 0.25) is 0 Å². The summed E-state index contributed by atoms with van der Waals surface area (Å²) >= 11 is 0. The van der Waals surface area contributed by atoms with Crippen LogP contribution in [0.1, 0.15) is 43.0 Å². The average Bonchev–Trinajstić information content (AvgIpc) is 2.93. The van der Waals surface area contributed by atoms with Crippen LogP contribution in [-0.2, 0) is 9.59 Å². The lowest BCUT2D eigenvalue weighted by molar-refractivity contribution is -0.134. The molecule has 18 heavy (non-hydrogen) atoms. The molecule has 6 nitrogen and oxygen atoms in total. The lowest BCUT2D eigenvalue weighted by Gasteiger charge is -2.24. The molecule has 1 atom stereocenters. The number of aromatic amines is 1. The van der Waals surface area contributed by atoms with Crippen LogP contribution in [0.15, 0.2) is 6.20 Å². The molecule has 3 N–H and O–H groups in total. The van der Waals surface area contributed by atoms with E-state index in [4.69, 9.17) is 5.73 Å². The minimum atomic E-state index is -0.434. The zero-order valence-corrected chi connectivity index (χ0v) is 10.5. The number of nitrogens with one attached hydrogen (secondary N) is 1. The van der Waals surface area contributed by atoms with E-state index in [9.17, 15) is 9.59 Å². The molecule has 1 aliphatic rings. The summed E-state index contributed by atoms with van der Waals surface area (Å²) in [5.41, 5.74) is 7.13. The summed E-state index contributed by atoms with van der Waals surface area (Å²) in [5, 5.41) is 6.96. The molecular weight excluding hydrogens is 232 g/mol. The van der Waals surface area contributed by atoms with Gasteiger partial charge in [-0.3, -0.25) is 14.7 Å². The third-order valence-electron chi connectivity index (χ3n) is 3.36. The smallest absolute Gasteiger partial charge is 0.223 e. The molecule has 1 aliphatic heterocycles. The van der Waals surface area contributed by atoms with Gasteiger partial charge in [-0.25, -0.2) is 0 Å². The number of likely N-dealkylation sites (tertiary alicyclic amines) is 1. The molecule has 2 amide bonds. The van der Waals surface area contributed by atoms with Gasteiger partial charge in [0.25, 0.3) is 0 Å². The normalized spacial score (nSPS) is 19.2. The van der Waals surface area contributed by atoms with Gasteiger partial charge in [0.05, 0.1) is 17.9 Å². The summed E-state index contributed by atoms with van der Waals surface area (Å²) in [5.74, 6) is -0.442. The number of carbonyl (C=O) groups is 2. The Balaban J connectivity index is 2.06. The zero-order chi connectivity index (χ0) is 13.1. The number of rotatable bonds is 4. The van der Waals surface area contributed by atoms with Crippen LogP contribution in [0, 0.1) is 6.92 Å². The molecule has 1 unspecified atom stereocenters. The highest BCUT2D eigenvalue weighted by atomic mass is 16.2. The number of nitrogens with zero attached hydrogens (tertiary/aromatic N) is 2. The van der Waals surface area contributed by atoms with Crippen molar-refractivity contribution >= 4 is 11.8 Å². The maximum absolute atomic E-state index is 12.1. The summed E-state index contributed by atoms with van der Waals surface area (Å²) in [6, 6.07) is 0.0628. The third kappa shape index (κ3) is 2.52. The number of hydrogen-bond acceptors (Lipinski definition) is 3. The fraction of sp³-hybridized carbons (Fsp3) is 0.583. The number of aryl methyl sites for hydroxylation is 1. The Bertz CT molecular complexity index is 455. The zero-order valence-electron chi connectivity index (χ0n) is 10.5. The van der Waals surface area contributed by atoms with E-state index in [1.807, 2.05) is 11.8 Å². The number of primary amides is 1. The first-order valence-corrected chi connectivity index (χ1v) is 6.17. The number of hydrogen-bond donors (Lipinski definition) is 2. The highest BCUT2D eigenvalue weighted by Gasteiger charge is 2.31. The predicted molar refractivity (Wildman–Crippen MR) is 65.4 cm³/mol. The van der Waals surface area contributed by atoms with Crippen molar-refractivity contribution in [2.24, 2.45) is 5.73 Å². The van der Waals surface area contributed by atoms with Crippen molar-refractivity contribution in [2.75, 3.05) is 6.54 Å². The molecular formula is C12H18N4O2. The predicted octanol–water partition coefficient (Wildman–Crippen LogP) is 0.647. The number of carbonyl (C=O) groups excluding carboxylic acids is 2. The van der Waals surface area contributed by atoms with Crippen LogP contribution in [0.5, 0.6) is 0 Å². The molecule has 0 bridgehead atoms. The molecule has 2 rings (SSSR count). The molecule has 1 fully saturated rings. The van der Waals surface area contributed by atoms with Crippen LogP contribution in [0.4, 0.5) is 0 Å². The van der Waals surface area contributed by atoms with Gasteiger partial charge in [-0.05, 0) is 25.3 Å². The van der Waals surface area contributed by atoms with Gasteiger partial charge in [0, 0.05) is 19.4 Å². The molecule has 0 saturated carbocycles. The molecule has 1 aromatic rings. The van der Waals surface area contributed by atoms with E-state index in [-0.39, 0.29) is 24.8 Å². The Morgan fingerprint density at radius 2 is 2.33 bits per heavy atom. The molecule has 6 heteroatoms. The monoisotopic (exact) mass is 250 g/mol. The number of aromatic nitrogens is 2. The van der Waals surface area contributed by atoms with Crippen molar-refractivity contribution in [1.29, 1.82) is 0 Å². The van der Waals surface area contributed by atoms with Crippen molar-refractivity contribution in [3.05, 3.63) is 17.5 Å². The fourth-order valence-corrected chi connectivity index (χ4v) is 2.43. The summed E-state index contributed by atoms with van der Waals surface area (Å²) in [6.45, 7) is 2.71.